The molecule has 2 nitrogen and oxygen atoms in total. The monoisotopic (exact) mass is 168 g/mol. The van der Waals surface area contributed by atoms with Gasteiger partial charge in [0, 0.05) is 11.6 Å². The minimum absolute atomic E-state index is 0.00882. The van der Waals surface area contributed by atoms with Crippen LogP contribution < -0.4 is 5.32 Å². The maximum atomic E-state index is 11.1. The zero-order valence-electron chi connectivity index (χ0n) is 8.40. The molecular formula is C10H18NO. The smallest absolute Gasteiger partial charge is 0.246 e. The highest BCUT2D eigenvalue weighted by atomic mass is 16.1. The second-order valence-corrected chi connectivity index (χ2v) is 4.17. The molecule has 0 aromatic heterocycles. The van der Waals surface area contributed by atoms with E-state index in [9.17, 15) is 4.79 Å². The minimum atomic E-state index is -0.120. The summed E-state index contributed by atoms with van der Waals surface area (Å²) in [6, 6.07) is -0.0818. The first-order valence-corrected chi connectivity index (χ1v) is 4.04. The Kier molecular flexibility index (Phi) is 3.50. The molecule has 0 aliphatic carbocycles. The third-order valence-corrected chi connectivity index (χ3v) is 1.74. The minimum Gasteiger partial charge on any atom is -0.349 e. The summed E-state index contributed by atoms with van der Waals surface area (Å²) in [5.41, 5.74) is 0.512. The van der Waals surface area contributed by atoms with Crippen LogP contribution in [0.25, 0.3) is 0 Å². The molecule has 0 aliphatic rings. The zero-order chi connectivity index (χ0) is 9.94. The van der Waals surface area contributed by atoms with E-state index < -0.39 is 0 Å². The van der Waals surface area contributed by atoms with Gasteiger partial charge >= 0.3 is 0 Å². The van der Waals surface area contributed by atoms with Crippen molar-refractivity contribution in [2.24, 2.45) is 5.41 Å². The lowest BCUT2D eigenvalue weighted by atomic mass is 9.88. The molecule has 0 bridgehead atoms. The van der Waals surface area contributed by atoms with Gasteiger partial charge in [-0.05, 0) is 19.3 Å². The van der Waals surface area contributed by atoms with Crippen LogP contribution in [0.1, 0.15) is 27.7 Å². The largest absolute Gasteiger partial charge is 0.349 e. The highest BCUT2D eigenvalue weighted by molar-refractivity contribution is 5.92. The van der Waals surface area contributed by atoms with Crippen molar-refractivity contribution in [2.75, 3.05) is 0 Å². The number of hydrogen-bond donors (Lipinski definition) is 1. The van der Waals surface area contributed by atoms with Crippen molar-refractivity contribution >= 4 is 5.91 Å². The van der Waals surface area contributed by atoms with Crippen molar-refractivity contribution in [2.45, 2.75) is 33.7 Å². The predicted molar refractivity (Wildman–Crippen MR) is 51.6 cm³/mol. The lowest BCUT2D eigenvalue weighted by Crippen LogP contribution is -2.41. The summed E-state index contributed by atoms with van der Waals surface area (Å²) in [5.74, 6) is -0.120. The van der Waals surface area contributed by atoms with Gasteiger partial charge in [0.15, 0.2) is 0 Å². The first-order chi connectivity index (χ1) is 5.25. The molecule has 0 aromatic carbocycles. The van der Waals surface area contributed by atoms with Gasteiger partial charge in [-0.25, -0.2) is 0 Å². The maximum Gasteiger partial charge on any atom is 0.246 e. The van der Waals surface area contributed by atoms with Gasteiger partial charge in [0.25, 0.3) is 0 Å². The van der Waals surface area contributed by atoms with Crippen LogP contribution in [-0.4, -0.2) is 11.9 Å². The fraction of sp³-hybridized carbons (Fsp3) is 0.600. The van der Waals surface area contributed by atoms with Crippen molar-refractivity contribution in [3.8, 4) is 0 Å². The summed E-state index contributed by atoms with van der Waals surface area (Å²) >= 11 is 0. The van der Waals surface area contributed by atoms with Crippen LogP contribution in [-0.2, 0) is 4.79 Å². The lowest BCUT2D eigenvalue weighted by Gasteiger charge is -2.27. The van der Waals surface area contributed by atoms with Crippen LogP contribution in [0.15, 0.2) is 12.2 Å². The SMILES string of the molecule is [CH2]C(NC(=O)C(=C)C)C(C)(C)C. The van der Waals surface area contributed by atoms with Crippen molar-refractivity contribution < 1.29 is 4.79 Å². The molecule has 0 saturated carbocycles. The number of rotatable bonds is 2. The summed E-state index contributed by atoms with van der Waals surface area (Å²) in [6.45, 7) is 15.2. The van der Waals surface area contributed by atoms with E-state index in [1.165, 1.54) is 0 Å². The Balaban J connectivity index is 4.11. The summed E-state index contributed by atoms with van der Waals surface area (Å²) in [7, 11) is 0. The molecule has 0 fully saturated rings. The van der Waals surface area contributed by atoms with E-state index in [4.69, 9.17) is 0 Å². The summed E-state index contributed by atoms with van der Waals surface area (Å²) in [6.07, 6.45) is 0. The van der Waals surface area contributed by atoms with Gasteiger partial charge in [-0.3, -0.25) is 4.79 Å². The van der Waals surface area contributed by atoms with Crippen molar-refractivity contribution in [1.29, 1.82) is 0 Å². The summed E-state index contributed by atoms with van der Waals surface area (Å²) in [4.78, 5) is 11.1. The van der Waals surface area contributed by atoms with E-state index in [2.05, 4.69) is 18.8 Å². The van der Waals surface area contributed by atoms with E-state index in [1.807, 2.05) is 20.8 Å². The number of carbonyl (C=O) groups is 1. The second-order valence-electron chi connectivity index (χ2n) is 4.17. The highest BCUT2D eigenvalue weighted by Crippen LogP contribution is 2.18. The van der Waals surface area contributed by atoms with E-state index in [0.717, 1.165) is 0 Å². The molecule has 1 N–H and O–H groups in total. The van der Waals surface area contributed by atoms with Gasteiger partial charge in [-0.2, -0.15) is 0 Å². The molecule has 0 aliphatic heterocycles. The molecule has 0 spiro atoms. The Morgan fingerprint density at radius 2 is 1.83 bits per heavy atom. The Morgan fingerprint density at radius 1 is 1.42 bits per heavy atom. The first-order valence-electron chi connectivity index (χ1n) is 4.04. The van der Waals surface area contributed by atoms with Crippen molar-refractivity contribution in [3.05, 3.63) is 19.1 Å². The molecular weight excluding hydrogens is 150 g/mol. The molecule has 2 heteroatoms. The number of nitrogens with one attached hydrogen (secondary N) is 1. The highest BCUT2D eigenvalue weighted by Gasteiger charge is 2.21. The molecule has 0 saturated heterocycles. The molecule has 12 heavy (non-hydrogen) atoms. The molecule has 1 unspecified atom stereocenters. The van der Waals surface area contributed by atoms with Gasteiger partial charge < -0.3 is 5.32 Å². The predicted octanol–water partition coefficient (Wildman–Crippen LogP) is 1.93. The Morgan fingerprint density at radius 3 is 2.08 bits per heavy atom. The third-order valence-electron chi connectivity index (χ3n) is 1.74. The topological polar surface area (TPSA) is 29.1 Å². The quantitative estimate of drug-likeness (QED) is 0.627. The van der Waals surface area contributed by atoms with Gasteiger partial charge in [-0.15, -0.1) is 0 Å². The fourth-order valence-corrected chi connectivity index (χ4v) is 0.498. The van der Waals surface area contributed by atoms with Crippen LogP contribution in [0.5, 0.6) is 0 Å². The number of carbonyl (C=O) groups excluding carboxylic acids is 1. The third kappa shape index (κ3) is 3.56. The maximum absolute atomic E-state index is 11.1. The van der Waals surface area contributed by atoms with Crippen LogP contribution in [0, 0.1) is 12.3 Å². The standard InChI is InChI=1S/C10H18NO/c1-7(2)9(12)11-8(3)10(4,5)6/h8H,1,3H2,2,4-6H3,(H,11,12). The first kappa shape index (κ1) is 11.2. The van der Waals surface area contributed by atoms with Crippen LogP contribution >= 0.6 is 0 Å². The Hall–Kier alpha value is -0.790. The van der Waals surface area contributed by atoms with E-state index >= 15 is 0 Å². The average molecular weight is 168 g/mol. The Bertz CT molecular complexity index is 189. The molecule has 69 valence electrons. The van der Waals surface area contributed by atoms with Crippen LogP contribution in [0.2, 0.25) is 0 Å². The molecule has 0 heterocycles. The van der Waals surface area contributed by atoms with E-state index in [0.29, 0.717) is 5.57 Å². The molecule has 0 aromatic rings. The molecule has 0 rings (SSSR count). The van der Waals surface area contributed by atoms with Gasteiger partial charge in [-0.1, -0.05) is 27.4 Å². The van der Waals surface area contributed by atoms with E-state index in [1.54, 1.807) is 6.92 Å². The summed E-state index contributed by atoms with van der Waals surface area (Å²) in [5, 5.41) is 2.77. The number of amides is 1. The lowest BCUT2D eigenvalue weighted by molar-refractivity contribution is -0.118. The van der Waals surface area contributed by atoms with Crippen molar-refractivity contribution in [3.63, 3.8) is 0 Å². The van der Waals surface area contributed by atoms with E-state index in [-0.39, 0.29) is 17.4 Å². The molecule has 1 radical (unpaired) electrons. The Labute approximate surface area is 75.0 Å². The summed E-state index contributed by atoms with van der Waals surface area (Å²) < 4.78 is 0. The van der Waals surface area contributed by atoms with Gasteiger partial charge in [0.1, 0.15) is 0 Å². The van der Waals surface area contributed by atoms with Crippen LogP contribution in [0.4, 0.5) is 0 Å². The normalized spacial score (nSPS) is 13.8. The van der Waals surface area contributed by atoms with Crippen LogP contribution in [0.3, 0.4) is 0 Å². The second kappa shape index (κ2) is 3.74. The molecule has 1 atom stereocenters. The number of hydrogen-bond acceptors (Lipinski definition) is 1. The van der Waals surface area contributed by atoms with Crippen molar-refractivity contribution in [1.82, 2.24) is 5.32 Å². The average Bonchev–Trinajstić information content (AvgIpc) is 1.85. The fourth-order valence-electron chi connectivity index (χ4n) is 0.498. The van der Waals surface area contributed by atoms with Gasteiger partial charge in [0.05, 0.1) is 0 Å². The van der Waals surface area contributed by atoms with Gasteiger partial charge in [0.2, 0.25) is 5.91 Å². The molecule has 1 amide bonds. The zero-order valence-corrected chi connectivity index (χ0v) is 8.40.